The maximum atomic E-state index is 12.7. The zero-order valence-electron chi connectivity index (χ0n) is 18.1. The molecular weight excluding hydrogens is 382 g/mol. The van der Waals surface area contributed by atoms with E-state index in [1.54, 1.807) is 0 Å². The fraction of sp³-hybridized carbons (Fsp3) is 0.609. The van der Waals surface area contributed by atoms with E-state index in [2.05, 4.69) is 20.9 Å². The second-order valence-corrected chi connectivity index (χ2v) is 8.39. The summed E-state index contributed by atoms with van der Waals surface area (Å²) in [6, 6.07) is 6.01. The summed E-state index contributed by atoms with van der Waals surface area (Å²) >= 11 is 0. The zero-order chi connectivity index (χ0) is 20.9. The minimum absolute atomic E-state index is 0.0937. The van der Waals surface area contributed by atoms with Crippen molar-refractivity contribution in [3.8, 4) is 5.75 Å². The first kappa shape index (κ1) is 21.0. The van der Waals surface area contributed by atoms with Crippen LogP contribution in [0.4, 0.5) is 5.69 Å². The molecule has 2 saturated heterocycles. The molecule has 0 bridgehead atoms. The first-order valence-corrected chi connectivity index (χ1v) is 11.2. The van der Waals surface area contributed by atoms with E-state index < -0.39 is 0 Å². The highest BCUT2D eigenvalue weighted by atomic mass is 16.5. The fourth-order valence-corrected chi connectivity index (χ4v) is 4.21. The number of hydrogen-bond donors (Lipinski definition) is 1. The van der Waals surface area contributed by atoms with Gasteiger partial charge in [0.15, 0.2) is 0 Å². The van der Waals surface area contributed by atoms with E-state index in [0.717, 1.165) is 68.3 Å². The number of hydrogen-bond acceptors (Lipinski definition) is 6. The number of nitrogens with one attached hydrogen (secondary N) is 1. The van der Waals surface area contributed by atoms with Crippen molar-refractivity contribution in [3.05, 3.63) is 23.9 Å². The van der Waals surface area contributed by atoms with E-state index >= 15 is 0 Å². The molecule has 1 aromatic heterocycles. The minimum Gasteiger partial charge on any atom is -0.491 e. The lowest BCUT2D eigenvalue weighted by molar-refractivity contribution is 0.0193. The van der Waals surface area contributed by atoms with Crippen LogP contribution in [0.1, 0.15) is 43.6 Å². The molecule has 0 atom stereocenters. The van der Waals surface area contributed by atoms with Crippen LogP contribution in [-0.4, -0.2) is 74.5 Å². The van der Waals surface area contributed by atoms with E-state index in [9.17, 15) is 4.79 Å². The molecule has 0 unspecified atom stereocenters. The first-order chi connectivity index (χ1) is 14.6. The second-order valence-electron chi connectivity index (χ2n) is 8.39. The zero-order valence-corrected chi connectivity index (χ0v) is 18.1. The second kappa shape index (κ2) is 9.71. The Hall–Kier alpha value is -2.25. The molecule has 0 radical (unpaired) electrons. The van der Waals surface area contributed by atoms with Crippen LogP contribution in [0.5, 0.6) is 5.75 Å². The first-order valence-electron chi connectivity index (χ1n) is 11.2. The molecule has 30 heavy (non-hydrogen) atoms. The van der Waals surface area contributed by atoms with Crippen LogP contribution in [0.2, 0.25) is 0 Å². The number of carbonyl (C=O) groups excluding carboxylic acids is 1. The van der Waals surface area contributed by atoms with Crippen LogP contribution in [0.3, 0.4) is 0 Å². The van der Waals surface area contributed by atoms with Crippen molar-refractivity contribution in [1.82, 2.24) is 9.88 Å². The van der Waals surface area contributed by atoms with Gasteiger partial charge in [-0.1, -0.05) is 0 Å². The predicted molar refractivity (Wildman–Crippen MR) is 118 cm³/mol. The molecule has 2 aliphatic heterocycles. The summed E-state index contributed by atoms with van der Waals surface area (Å²) < 4.78 is 16.9. The lowest BCUT2D eigenvalue weighted by atomic mass is 10.1. The molecule has 7 heteroatoms. The lowest BCUT2D eigenvalue weighted by Gasteiger charge is -2.30. The van der Waals surface area contributed by atoms with E-state index in [1.807, 2.05) is 26.0 Å². The quantitative estimate of drug-likeness (QED) is 0.699. The number of ether oxygens (including phenoxy) is 3. The summed E-state index contributed by atoms with van der Waals surface area (Å²) in [5, 5.41) is 1.05. The van der Waals surface area contributed by atoms with Gasteiger partial charge < -0.3 is 24.1 Å². The van der Waals surface area contributed by atoms with Gasteiger partial charge in [0.05, 0.1) is 24.8 Å². The van der Waals surface area contributed by atoms with Crippen LogP contribution in [0.25, 0.3) is 10.9 Å². The Kier molecular flexibility index (Phi) is 6.79. The van der Waals surface area contributed by atoms with Gasteiger partial charge >= 0.3 is 5.97 Å². The molecule has 1 aromatic carbocycles. The third kappa shape index (κ3) is 5.08. The lowest BCUT2D eigenvalue weighted by Crippen LogP contribution is -2.38. The summed E-state index contributed by atoms with van der Waals surface area (Å²) in [7, 11) is 0. The number of benzene rings is 1. The predicted octanol–water partition coefficient (Wildman–Crippen LogP) is 3.43. The number of anilines is 1. The van der Waals surface area contributed by atoms with Gasteiger partial charge in [0.25, 0.3) is 0 Å². The Bertz CT molecular complexity index is 851. The number of esters is 1. The standard InChI is InChI=1S/C23H33N3O4/c1-17(2)30-18-14-20-19(22(15-18)26-6-4-3-5-7-26)16-21(24-20)23(27)29-13-10-25-8-11-28-12-9-25/h14-17,24H,3-13H2,1-2H3. The molecule has 3 heterocycles. The molecule has 7 nitrogen and oxygen atoms in total. The van der Waals surface area contributed by atoms with Gasteiger partial charge in [-0.15, -0.1) is 0 Å². The van der Waals surface area contributed by atoms with Crippen molar-refractivity contribution in [2.24, 2.45) is 0 Å². The van der Waals surface area contributed by atoms with Gasteiger partial charge in [-0.25, -0.2) is 4.79 Å². The largest absolute Gasteiger partial charge is 0.491 e. The Morgan fingerprint density at radius 2 is 1.87 bits per heavy atom. The molecule has 1 N–H and O–H groups in total. The van der Waals surface area contributed by atoms with Crippen molar-refractivity contribution < 1.29 is 19.0 Å². The van der Waals surface area contributed by atoms with E-state index in [0.29, 0.717) is 12.3 Å². The highest BCUT2D eigenvalue weighted by Gasteiger charge is 2.20. The number of aromatic amines is 1. The summed E-state index contributed by atoms with van der Waals surface area (Å²) in [5.74, 6) is 0.516. The van der Waals surface area contributed by atoms with Crippen LogP contribution >= 0.6 is 0 Å². The van der Waals surface area contributed by atoms with Crippen LogP contribution < -0.4 is 9.64 Å². The van der Waals surface area contributed by atoms with Gasteiger partial charge in [-0.05, 0) is 39.2 Å². The fourth-order valence-electron chi connectivity index (χ4n) is 4.21. The van der Waals surface area contributed by atoms with Crippen molar-refractivity contribution >= 4 is 22.6 Å². The number of aromatic nitrogens is 1. The minimum atomic E-state index is -0.310. The van der Waals surface area contributed by atoms with Crippen molar-refractivity contribution in [2.45, 2.75) is 39.2 Å². The average molecular weight is 416 g/mol. The normalized spacial score (nSPS) is 18.2. The Morgan fingerprint density at radius 3 is 2.60 bits per heavy atom. The maximum Gasteiger partial charge on any atom is 0.354 e. The van der Waals surface area contributed by atoms with Crippen LogP contribution in [0.15, 0.2) is 18.2 Å². The molecule has 2 aliphatic rings. The highest BCUT2D eigenvalue weighted by Crippen LogP contribution is 2.34. The number of piperidine rings is 1. The molecular formula is C23H33N3O4. The van der Waals surface area contributed by atoms with E-state index in [4.69, 9.17) is 14.2 Å². The monoisotopic (exact) mass is 415 g/mol. The van der Waals surface area contributed by atoms with Crippen LogP contribution in [0, 0.1) is 0 Å². The number of morpholine rings is 1. The van der Waals surface area contributed by atoms with Gasteiger partial charge in [0.2, 0.25) is 0 Å². The number of rotatable bonds is 7. The molecule has 0 saturated carbocycles. The molecule has 0 amide bonds. The smallest absolute Gasteiger partial charge is 0.354 e. The van der Waals surface area contributed by atoms with E-state index in [1.165, 1.54) is 19.3 Å². The third-order valence-electron chi connectivity index (χ3n) is 5.72. The van der Waals surface area contributed by atoms with Gasteiger partial charge in [-0.3, -0.25) is 4.90 Å². The highest BCUT2D eigenvalue weighted by molar-refractivity contribution is 6.01. The number of fused-ring (bicyclic) bond motifs is 1. The summed E-state index contributed by atoms with van der Waals surface area (Å²) in [5.41, 5.74) is 2.53. The summed E-state index contributed by atoms with van der Waals surface area (Å²) in [6.07, 6.45) is 3.75. The van der Waals surface area contributed by atoms with Gasteiger partial charge in [0.1, 0.15) is 18.1 Å². The number of nitrogens with zero attached hydrogens (tertiary/aromatic N) is 2. The number of carbonyl (C=O) groups is 1. The van der Waals surface area contributed by atoms with Crippen molar-refractivity contribution in [2.75, 3.05) is 57.4 Å². The molecule has 0 spiro atoms. The van der Waals surface area contributed by atoms with Gasteiger partial charge in [-0.2, -0.15) is 0 Å². The molecule has 164 valence electrons. The molecule has 4 rings (SSSR count). The average Bonchev–Trinajstić information content (AvgIpc) is 3.18. The van der Waals surface area contributed by atoms with Gasteiger partial charge in [0, 0.05) is 55.9 Å². The Balaban J connectivity index is 1.51. The number of H-pyrrole nitrogens is 1. The SMILES string of the molecule is CC(C)Oc1cc(N2CCCCC2)c2cc(C(=O)OCCN3CCOCC3)[nH]c2c1. The molecule has 2 aromatic rings. The van der Waals surface area contributed by atoms with Crippen molar-refractivity contribution in [3.63, 3.8) is 0 Å². The Morgan fingerprint density at radius 1 is 1.10 bits per heavy atom. The third-order valence-corrected chi connectivity index (χ3v) is 5.72. The molecule has 0 aliphatic carbocycles. The Labute approximate surface area is 178 Å². The van der Waals surface area contributed by atoms with E-state index in [-0.39, 0.29) is 12.1 Å². The van der Waals surface area contributed by atoms with Crippen LogP contribution in [-0.2, 0) is 9.47 Å². The summed E-state index contributed by atoms with van der Waals surface area (Å²) in [4.78, 5) is 20.6. The summed E-state index contributed by atoms with van der Waals surface area (Å²) in [6.45, 7) is 10.5. The maximum absolute atomic E-state index is 12.7. The molecule has 2 fully saturated rings. The van der Waals surface area contributed by atoms with Crippen molar-refractivity contribution in [1.29, 1.82) is 0 Å². The topological polar surface area (TPSA) is 67.0 Å².